The van der Waals surface area contributed by atoms with Crippen molar-refractivity contribution < 1.29 is 4.52 Å². The van der Waals surface area contributed by atoms with E-state index in [1.165, 1.54) is 44.1 Å². The molecule has 1 atom stereocenters. The molecule has 0 spiro atoms. The van der Waals surface area contributed by atoms with Crippen LogP contribution in [0.3, 0.4) is 0 Å². The number of aromatic nitrogens is 1. The van der Waals surface area contributed by atoms with Gasteiger partial charge in [0.15, 0.2) is 0 Å². The highest BCUT2D eigenvalue weighted by Gasteiger charge is 2.25. The summed E-state index contributed by atoms with van der Waals surface area (Å²) in [4.78, 5) is 0. The molecule has 1 aromatic heterocycles. The zero-order valence-electron chi connectivity index (χ0n) is 9.74. The highest BCUT2D eigenvalue weighted by atomic mass is 16.5. The molecule has 1 saturated heterocycles. The Kier molecular flexibility index (Phi) is 2.96. The molecule has 1 unspecified atom stereocenters. The third-order valence-electron chi connectivity index (χ3n) is 4.07. The highest BCUT2D eigenvalue weighted by molar-refractivity contribution is 5.21. The molecule has 88 valence electrons. The Bertz CT molecular complexity index is 335. The van der Waals surface area contributed by atoms with E-state index in [0.717, 1.165) is 24.6 Å². The average molecular weight is 220 g/mol. The van der Waals surface area contributed by atoms with Crippen LogP contribution in [0.4, 0.5) is 0 Å². The number of hydrogen-bond acceptors (Lipinski definition) is 3. The van der Waals surface area contributed by atoms with Crippen LogP contribution in [0.2, 0.25) is 0 Å². The second-order valence-electron chi connectivity index (χ2n) is 5.18. The second-order valence-corrected chi connectivity index (χ2v) is 5.18. The van der Waals surface area contributed by atoms with E-state index in [2.05, 4.69) is 10.5 Å². The molecular formula is C13H20N2O. The van der Waals surface area contributed by atoms with E-state index in [1.54, 1.807) is 0 Å². The van der Waals surface area contributed by atoms with Gasteiger partial charge in [-0.15, -0.1) is 0 Å². The summed E-state index contributed by atoms with van der Waals surface area (Å²) in [7, 11) is 0. The van der Waals surface area contributed by atoms with E-state index < -0.39 is 0 Å². The minimum atomic E-state index is 0.619. The van der Waals surface area contributed by atoms with E-state index in [-0.39, 0.29) is 0 Å². The Morgan fingerprint density at radius 2 is 2.12 bits per heavy atom. The summed E-state index contributed by atoms with van der Waals surface area (Å²) in [6, 6.07) is 0.619. The summed E-state index contributed by atoms with van der Waals surface area (Å²) in [5, 5.41) is 7.53. The van der Waals surface area contributed by atoms with Crippen LogP contribution in [0, 0.1) is 0 Å². The fourth-order valence-corrected chi connectivity index (χ4v) is 3.15. The lowest BCUT2D eigenvalue weighted by Gasteiger charge is -2.11. The molecule has 16 heavy (non-hydrogen) atoms. The van der Waals surface area contributed by atoms with Crippen molar-refractivity contribution in [2.75, 3.05) is 6.54 Å². The van der Waals surface area contributed by atoms with Crippen molar-refractivity contribution in [3.8, 4) is 0 Å². The first-order chi connectivity index (χ1) is 7.93. The van der Waals surface area contributed by atoms with Gasteiger partial charge in [0.05, 0.1) is 6.20 Å². The second kappa shape index (κ2) is 4.58. The van der Waals surface area contributed by atoms with Crippen LogP contribution in [-0.2, 0) is 6.42 Å². The third-order valence-corrected chi connectivity index (χ3v) is 4.07. The van der Waals surface area contributed by atoms with Crippen molar-refractivity contribution in [2.24, 2.45) is 0 Å². The SMILES string of the molecule is c1noc(CC2CCCN2)c1C1CCCC1. The Balaban J connectivity index is 1.71. The van der Waals surface area contributed by atoms with Gasteiger partial charge in [-0.05, 0) is 38.1 Å². The van der Waals surface area contributed by atoms with Crippen molar-refractivity contribution in [1.82, 2.24) is 10.5 Å². The fraction of sp³-hybridized carbons (Fsp3) is 0.769. The molecule has 0 aromatic carbocycles. The lowest BCUT2D eigenvalue weighted by atomic mass is 9.96. The van der Waals surface area contributed by atoms with E-state index in [1.807, 2.05) is 6.20 Å². The summed E-state index contributed by atoms with van der Waals surface area (Å²) in [5.74, 6) is 1.87. The highest BCUT2D eigenvalue weighted by Crippen LogP contribution is 2.36. The minimum absolute atomic E-state index is 0.619. The Labute approximate surface area is 96.6 Å². The summed E-state index contributed by atoms with van der Waals surface area (Å²) < 4.78 is 5.45. The predicted octanol–water partition coefficient (Wildman–Crippen LogP) is 2.63. The number of nitrogens with one attached hydrogen (secondary N) is 1. The molecule has 3 nitrogen and oxygen atoms in total. The van der Waals surface area contributed by atoms with E-state index in [9.17, 15) is 0 Å². The molecule has 2 fully saturated rings. The fourth-order valence-electron chi connectivity index (χ4n) is 3.15. The van der Waals surface area contributed by atoms with Gasteiger partial charge >= 0.3 is 0 Å². The van der Waals surface area contributed by atoms with Crippen molar-refractivity contribution >= 4 is 0 Å². The third kappa shape index (κ3) is 2.01. The van der Waals surface area contributed by atoms with E-state index in [4.69, 9.17) is 4.52 Å². The van der Waals surface area contributed by atoms with Gasteiger partial charge in [-0.3, -0.25) is 0 Å². The van der Waals surface area contributed by atoms with Gasteiger partial charge in [0.25, 0.3) is 0 Å². The maximum absolute atomic E-state index is 5.45. The smallest absolute Gasteiger partial charge is 0.141 e. The zero-order chi connectivity index (χ0) is 10.8. The van der Waals surface area contributed by atoms with Crippen LogP contribution in [-0.4, -0.2) is 17.7 Å². The van der Waals surface area contributed by atoms with Gasteiger partial charge in [-0.1, -0.05) is 18.0 Å². The molecule has 0 amide bonds. The first-order valence-corrected chi connectivity index (χ1v) is 6.60. The normalized spacial score (nSPS) is 26.6. The predicted molar refractivity (Wildman–Crippen MR) is 62.4 cm³/mol. The standard InChI is InChI=1S/C13H20N2O/c1-2-5-10(4-1)12-9-15-16-13(12)8-11-6-3-7-14-11/h9-11,14H,1-8H2. The molecule has 0 bridgehead atoms. The maximum Gasteiger partial charge on any atom is 0.141 e. The van der Waals surface area contributed by atoms with Gasteiger partial charge in [0.2, 0.25) is 0 Å². The molecule has 0 radical (unpaired) electrons. The van der Waals surface area contributed by atoms with Gasteiger partial charge < -0.3 is 9.84 Å². The van der Waals surface area contributed by atoms with Crippen LogP contribution in [0.15, 0.2) is 10.7 Å². The Morgan fingerprint density at radius 3 is 2.88 bits per heavy atom. The molecule has 2 heterocycles. The topological polar surface area (TPSA) is 38.1 Å². The molecule has 1 aliphatic heterocycles. The average Bonchev–Trinajstić information content (AvgIpc) is 2.98. The Hall–Kier alpha value is -0.830. The van der Waals surface area contributed by atoms with Crippen molar-refractivity contribution in [1.29, 1.82) is 0 Å². The molecular weight excluding hydrogens is 200 g/mol. The monoisotopic (exact) mass is 220 g/mol. The van der Waals surface area contributed by atoms with Crippen molar-refractivity contribution in [3.05, 3.63) is 17.5 Å². The molecule has 3 heteroatoms. The number of hydrogen-bond donors (Lipinski definition) is 1. The molecule has 1 aromatic rings. The lowest BCUT2D eigenvalue weighted by molar-refractivity contribution is 0.366. The van der Waals surface area contributed by atoms with Gasteiger partial charge in [0.1, 0.15) is 5.76 Å². The van der Waals surface area contributed by atoms with E-state index >= 15 is 0 Å². The van der Waals surface area contributed by atoms with Gasteiger partial charge in [-0.25, -0.2) is 0 Å². The number of nitrogens with zero attached hydrogens (tertiary/aromatic N) is 1. The molecule has 2 aliphatic rings. The van der Waals surface area contributed by atoms with Crippen LogP contribution < -0.4 is 5.32 Å². The quantitative estimate of drug-likeness (QED) is 0.851. The summed E-state index contributed by atoms with van der Waals surface area (Å²) in [5.41, 5.74) is 1.39. The number of rotatable bonds is 3. The van der Waals surface area contributed by atoms with Crippen LogP contribution in [0.25, 0.3) is 0 Å². The molecule has 1 aliphatic carbocycles. The van der Waals surface area contributed by atoms with Gasteiger partial charge in [0, 0.05) is 18.0 Å². The lowest BCUT2D eigenvalue weighted by Crippen LogP contribution is -2.23. The zero-order valence-corrected chi connectivity index (χ0v) is 9.74. The van der Waals surface area contributed by atoms with Crippen molar-refractivity contribution in [3.63, 3.8) is 0 Å². The van der Waals surface area contributed by atoms with E-state index in [0.29, 0.717) is 6.04 Å². The summed E-state index contributed by atoms with van der Waals surface area (Å²) in [6.45, 7) is 1.16. The maximum atomic E-state index is 5.45. The minimum Gasteiger partial charge on any atom is -0.361 e. The Morgan fingerprint density at radius 1 is 1.25 bits per heavy atom. The van der Waals surface area contributed by atoms with Crippen molar-refractivity contribution in [2.45, 2.75) is 56.9 Å². The summed E-state index contributed by atoms with van der Waals surface area (Å²) in [6.07, 6.45) is 11.0. The first-order valence-electron chi connectivity index (χ1n) is 6.60. The van der Waals surface area contributed by atoms with Gasteiger partial charge in [-0.2, -0.15) is 0 Å². The van der Waals surface area contributed by atoms with Crippen LogP contribution in [0.5, 0.6) is 0 Å². The van der Waals surface area contributed by atoms with Crippen LogP contribution in [0.1, 0.15) is 55.8 Å². The largest absolute Gasteiger partial charge is 0.361 e. The summed E-state index contributed by atoms with van der Waals surface area (Å²) >= 11 is 0. The van der Waals surface area contributed by atoms with Crippen LogP contribution >= 0.6 is 0 Å². The molecule has 1 N–H and O–H groups in total. The molecule has 3 rings (SSSR count). The molecule has 1 saturated carbocycles. The first kappa shape index (κ1) is 10.3.